The number of nitrogens with zero attached hydrogens (tertiary/aromatic N) is 1. The van der Waals surface area contributed by atoms with Gasteiger partial charge in [-0.1, -0.05) is 17.7 Å². The van der Waals surface area contributed by atoms with Crippen molar-refractivity contribution in [2.24, 2.45) is 5.84 Å². The number of anilines is 1. The molecule has 0 saturated carbocycles. The molecule has 0 radical (unpaired) electrons. The summed E-state index contributed by atoms with van der Waals surface area (Å²) in [5, 5.41) is 11.0. The van der Waals surface area contributed by atoms with Gasteiger partial charge in [0.2, 0.25) is 5.75 Å². The summed E-state index contributed by atoms with van der Waals surface area (Å²) in [4.78, 5) is 10.4. The molecule has 6 nitrogen and oxygen atoms in total. The second-order valence-electron chi connectivity index (χ2n) is 3.73. The van der Waals surface area contributed by atoms with Crippen LogP contribution in [0.2, 0.25) is 5.02 Å². The van der Waals surface area contributed by atoms with Gasteiger partial charge in [0.1, 0.15) is 17.3 Å². The van der Waals surface area contributed by atoms with Gasteiger partial charge in [0.15, 0.2) is 0 Å². The molecule has 0 heterocycles. The zero-order valence-corrected chi connectivity index (χ0v) is 10.7. The maximum absolute atomic E-state index is 13.3. The first kappa shape index (κ1) is 14.0. The number of benzene rings is 2. The van der Waals surface area contributed by atoms with Crippen molar-refractivity contribution in [1.29, 1.82) is 0 Å². The van der Waals surface area contributed by atoms with E-state index in [1.807, 2.05) is 0 Å². The zero-order valence-electron chi connectivity index (χ0n) is 9.97. The van der Waals surface area contributed by atoms with Crippen molar-refractivity contribution in [3.05, 3.63) is 57.4 Å². The van der Waals surface area contributed by atoms with Gasteiger partial charge < -0.3 is 10.2 Å². The normalized spacial score (nSPS) is 10.2. The monoisotopic (exact) mass is 297 g/mol. The quantitative estimate of drug-likeness (QED) is 0.512. The van der Waals surface area contributed by atoms with Crippen LogP contribution in [0.25, 0.3) is 0 Å². The standard InChI is InChI=1S/C12H9ClFN3O3/c13-8-5-4-7(6-9(8)14)20-11-3-1-2-10(16-15)12(11)17(18)19/h1-6,16H,15H2. The predicted molar refractivity (Wildman–Crippen MR) is 72.4 cm³/mol. The third-order valence-corrected chi connectivity index (χ3v) is 2.76. The first-order chi connectivity index (χ1) is 9.52. The van der Waals surface area contributed by atoms with Gasteiger partial charge in [-0.05, 0) is 24.3 Å². The minimum absolute atomic E-state index is 0.0628. The Morgan fingerprint density at radius 3 is 2.70 bits per heavy atom. The van der Waals surface area contributed by atoms with Crippen LogP contribution < -0.4 is 16.0 Å². The molecule has 0 aliphatic heterocycles. The Bertz CT molecular complexity index is 666. The first-order valence-corrected chi connectivity index (χ1v) is 5.77. The average molecular weight is 298 g/mol. The van der Waals surface area contributed by atoms with Crippen molar-refractivity contribution in [3.8, 4) is 11.5 Å². The fourth-order valence-electron chi connectivity index (χ4n) is 1.58. The fraction of sp³-hybridized carbons (Fsp3) is 0. The number of hydrogen-bond acceptors (Lipinski definition) is 5. The lowest BCUT2D eigenvalue weighted by Crippen LogP contribution is -2.09. The molecule has 0 saturated heterocycles. The topological polar surface area (TPSA) is 90.4 Å². The van der Waals surface area contributed by atoms with E-state index in [0.29, 0.717) is 0 Å². The molecule has 2 rings (SSSR count). The molecule has 104 valence electrons. The molecule has 20 heavy (non-hydrogen) atoms. The van der Waals surface area contributed by atoms with E-state index < -0.39 is 10.7 Å². The minimum Gasteiger partial charge on any atom is -0.450 e. The molecule has 8 heteroatoms. The number of hydrogen-bond donors (Lipinski definition) is 2. The van der Waals surface area contributed by atoms with Crippen molar-refractivity contribution in [2.45, 2.75) is 0 Å². The number of nitrogens with one attached hydrogen (secondary N) is 1. The summed E-state index contributed by atoms with van der Waals surface area (Å²) >= 11 is 5.55. The summed E-state index contributed by atoms with van der Waals surface area (Å²) in [6.45, 7) is 0. The molecular weight excluding hydrogens is 289 g/mol. The molecule has 0 atom stereocenters. The van der Waals surface area contributed by atoms with E-state index in [1.54, 1.807) is 0 Å². The van der Waals surface area contributed by atoms with E-state index in [1.165, 1.54) is 30.3 Å². The molecule has 0 spiro atoms. The summed E-state index contributed by atoms with van der Waals surface area (Å²) in [7, 11) is 0. The van der Waals surface area contributed by atoms with Gasteiger partial charge in [-0.15, -0.1) is 0 Å². The minimum atomic E-state index is -0.681. The van der Waals surface area contributed by atoms with E-state index >= 15 is 0 Å². The first-order valence-electron chi connectivity index (χ1n) is 5.40. The summed E-state index contributed by atoms with van der Waals surface area (Å²) in [5.74, 6) is 4.55. The van der Waals surface area contributed by atoms with Crippen molar-refractivity contribution in [3.63, 3.8) is 0 Å². The van der Waals surface area contributed by atoms with E-state index in [0.717, 1.165) is 6.07 Å². The van der Waals surface area contributed by atoms with Crippen molar-refractivity contribution >= 4 is 23.0 Å². The summed E-state index contributed by atoms with van der Waals surface area (Å²) < 4.78 is 18.6. The Morgan fingerprint density at radius 2 is 2.10 bits per heavy atom. The Morgan fingerprint density at radius 1 is 1.35 bits per heavy atom. The third-order valence-electron chi connectivity index (χ3n) is 2.46. The maximum Gasteiger partial charge on any atom is 0.335 e. The van der Waals surface area contributed by atoms with Gasteiger partial charge in [0, 0.05) is 6.07 Å². The van der Waals surface area contributed by atoms with Gasteiger partial charge in [-0.25, -0.2) is 4.39 Å². The van der Waals surface area contributed by atoms with Crippen molar-refractivity contribution in [2.75, 3.05) is 5.43 Å². The van der Waals surface area contributed by atoms with Crippen molar-refractivity contribution in [1.82, 2.24) is 0 Å². The van der Waals surface area contributed by atoms with Crippen LogP contribution in [0.15, 0.2) is 36.4 Å². The molecular formula is C12H9ClFN3O3. The molecule has 2 aromatic carbocycles. The maximum atomic E-state index is 13.3. The molecule has 3 N–H and O–H groups in total. The third kappa shape index (κ3) is 2.79. The van der Waals surface area contributed by atoms with Gasteiger partial charge in [0.25, 0.3) is 0 Å². The Hall–Kier alpha value is -2.38. The smallest absolute Gasteiger partial charge is 0.335 e. The van der Waals surface area contributed by atoms with Crippen LogP contribution in [0.1, 0.15) is 0 Å². The summed E-state index contributed by atoms with van der Waals surface area (Å²) in [6.07, 6.45) is 0. The molecule has 0 fully saturated rings. The molecule has 0 aromatic heterocycles. The number of para-hydroxylation sites is 1. The van der Waals surface area contributed by atoms with Gasteiger partial charge in [-0.3, -0.25) is 16.0 Å². The highest BCUT2D eigenvalue weighted by atomic mass is 35.5. The SMILES string of the molecule is NNc1cccc(Oc2ccc(Cl)c(F)c2)c1[N+](=O)[O-]. The largest absolute Gasteiger partial charge is 0.450 e. The van der Waals surface area contributed by atoms with Gasteiger partial charge in [0.05, 0.1) is 9.95 Å². The Labute approximate surface area is 118 Å². The van der Waals surface area contributed by atoms with E-state index in [9.17, 15) is 14.5 Å². The molecule has 2 aromatic rings. The zero-order chi connectivity index (χ0) is 14.7. The number of halogens is 2. The van der Waals surface area contributed by atoms with E-state index in [4.69, 9.17) is 22.2 Å². The summed E-state index contributed by atoms with van der Waals surface area (Å²) in [5.41, 5.74) is 1.95. The second-order valence-corrected chi connectivity index (χ2v) is 4.14. The molecule has 0 bridgehead atoms. The lowest BCUT2D eigenvalue weighted by atomic mass is 10.2. The predicted octanol–water partition coefficient (Wildman–Crippen LogP) is 3.47. The van der Waals surface area contributed by atoms with Crippen LogP contribution in [-0.2, 0) is 0 Å². The van der Waals surface area contributed by atoms with Crippen LogP contribution in [0.3, 0.4) is 0 Å². The van der Waals surface area contributed by atoms with E-state index in [2.05, 4.69) is 5.43 Å². The average Bonchev–Trinajstić information content (AvgIpc) is 2.42. The van der Waals surface area contributed by atoms with Crippen LogP contribution in [-0.4, -0.2) is 4.92 Å². The number of nitro benzene ring substituents is 1. The van der Waals surface area contributed by atoms with E-state index in [-0.39, 0.29) is 27.9 Å². The highest BCUT2D eigenvalue weighted by molar-refractivity contribution is 6.30. The molecule has 0 amide bonds. The number of nitro groups is 1. The van der Waals surface area contributed by atoms with Gasteiger partial charge in [-0.2, -0.15) is 0 Å². The lowest BCUT2D eigenvalue weighted by molar-refractivity contribution is -0.384. The van der Waals surface area contributed by atoms with Crippen molar-refractivity contribution < 1.29 is 14.1 Å². The number of hydrazine groups is 1. The fourth-order valence-corrected chi connectivity index (χ4v) is 1.69. The number of rotatable bonds is 4. The Balaban J connectivity index is 2.42. The molecule has 0 unspecified atom stereocenters. The second kappa shape index (κ2) is 5.72. The summed E-state index contributed by atoms with van der Waals surface area (Å²) in [6, 6.07) is 8.05. The van der Waals surface area contributed by atoms with Crippen LogP contribution >= 0.6 is 11.6 Å². The highest BCUT2D eigenvalue weighted by Crippen LogP contribution is 2.37. The van der Waals surface area contributed by atoms with Gasteiger partial charge >= 0.3 is 5.69 Å². The Kier molecular flexibility index (Phi) is 4.02. The molecule has 0 aliphatic rings. The molecule has 0 aliphatic carbocycles. The number of ether oxygens (including phenoxy) is 1. The lowest BCUT2D eigenvalue weighted by Gasteiger charge is -2.09. The van der Waals surface area contributed by atoms with Crippen LogP contribution in [0.4, 0.5) is 15.8 Å². The number of nitrogens with two attached hydrogens (primary N) is 1. The highest BCUT2D eigenvalue weighted by Gasteiger charge is 2.21. The van der Waals surface area contributed by atoms with Crippen LogP contribution in [0.5, 0.6) is 11.5 Å². The van der Waals surface area contributed by atoms with Crippen LogP contribution in [0, 0.1) is 15.9 Å². The number of nitrogen functional groups attached to an aromatic ring is 1.